The molecule has 0 bridgehead atoms. The van der Waals surface area contributed by atoms with Crippen LogP contribution in [0.2, 0.25) is 0 Å². The van der Waals surface area contributed by atoms with Crippen molar-refractivity contribution in [3.63, 3.8) is 0 Å². The van der Waals surface area contributed by atoms with Crippen LogP contribution < -0.4 is 5.73 Å². The lowest BCUT2D eigenvalue weighted by Crippen LogP contribution is -2.52. The Kier molecular flexibility index (Phi) is 2.74. The molecule has 0 aromatic heterocycles. The van der Waals surface area contributed by atoms with Gasteiger partial charge in [-0.15, -0.1) is 0 Å². The molecular weight excluding hydrogens is 181 g/mol. The van der Waals surface area contributed by atoms with E-state index >= 15 is 0 Å². The van der Waals surface area contributed by atoms with Crippen molar-refractivity contribution in [3.8, 4) is 0 Å². The lowest BCUT2D eigenvalue weighted by atomic mass is 9.85. The number of rotatable bonds is 2. The average Bonchev–Trinajstić information content (AvgIpc) is 1.85. The van der Waals surface area contributed by atoms with Gasteiger partial charge in [-0.2, -0.15) is 22.0 Å². The molecule has 1 nitrogen and oxygen atoms in total. The van der Waals surface area contributed by atoms with E-state index in [1.807, 2.05) is 0 Å². The molecule has 0 atom stereocenters. The summed E-state index contributed by atoms with van der Waals surface area (Å²) in [5.41, 5.74) is 2.55. The Balaban J connectivity index is 4.85. The highest BCUT2D eigenvalue weighted by atomic mass is 19.4. The van der Waals surface area contributed by atoms with E-state index in [4.69, 9.17) is 5.73 Å². The van der Waals surface area contributed by atoms with Gasteiger partial charge in [-0.05, 0) is 0 Å². The molecule has 2 N–H and O–H groups in total. The van der Waals surface area contributed by atoms with Crippen LogP contribution in [0.25, 0.3) is 0 Å². The minimum Gasteiger partial charge on any atom is -0.330 e. The molecule has 0 saturated carbocycles. The van der Waals surface area contributed by atoms with Crippen molar-refractivity contribution in [1.82, 2.24) is 0 Å². The van der Waals surface area contributed by atoms with E-state index in [9.17, 15) is 22.0 Å². The zero-order valence-corrected chi connectivity index (χ0v) is 6.67. The molecule has 0 radical (unpaired) electrons. The topological polar surface area (TPSA) is 26.0 Å². The van der Waals surface area contributed by atoms with Gasteiger partial charge in [0.15, 0.2) is 0 Å². The van der Waals surface area contributed by atoms with Gasteiger partial charge >= 0.3 is 12.1 Å². The summed E-state index contributed by atoms with van der Waals surface area (Å²) in [5.74, 6) is -4.74. The molecule has 0 aliphatic carbocycles. The maximum atomic E-state index is 12.5. The maximum Gasteiger partial charge on any atom is 0.453 e. The number of hydrogen-bond acceptors (Lipinski definition) is 1. The summed E-state index contributed by atoms with van der Waals surface area (Å²) in [6.07, 6.45) is -5.53. The second-order valence-electron chi connectivity index (χ2n) is 3.16. The summed E-state index contributed by atoms with van der Waals surface area (Å²) in [4.78, 5) is 0. The smallest absolute Gasteiger partial charge is 0.330 e. The molecular formula is C6H10F5N. The van der Waals surface area contributed by atoms with E-state index in [1.54, 1.807) is 0 Å². The summed E-state index contributed by atoms with van der Waals surface area (Å²) in [6, 6.07) is 0. The SMILES string of the molecule is CC(C)(CN)C(F)(F)C(F)(F)F. The molecule has 0 aromatic carbocycles. The van der Waals surface area contributed by atoms with Crippen molar-refractivity contribution in [2.24, 2.45) is 11.1 Å². The third kappa shape index (κ3) is 1.68. The Morgan fingerprint density at radius 3 is 1.42 bits per heavy atom. The Labute approximate surface area is 66.7 Å². The van der Waals surface area contributed by atoms with Gasteiger partial charge in [0.05, 0.1) is 5.41 Å². The quantitative estimate of drug-likeness (QED) is 0.665. The fourth-order valence-corrected chi connectivity index (χ4v) is 0.512. The molecule has 0 unspecified atom stereocenters. The standard InChI is InChI=1S/C6H10F5N/c1-4(2,3-12)5(7,8)6(9,10)11/h3,12H2,1-2H3. The lowest BCUT2D eigenvalue weighted by Gasteiger charge is -2.33. The highest BCUT2D eigenvalue weighted by Gasteiger charge is 2.65. The minimum absolute atomic E-state index is 0.723. The summed E-state index contributed by atoms with van der Waals surface area (Å²) in [6.45, 7) is 0.834. The van der Waals surface area contributed by atoms with E-state index < -0.39 is 24.1 Å². The molecule has 0 heterocycles. The van der Waals surface area contributed by atoms with Gasteiger partial charge in [0.2, 0.25) is 0 Å². The first-order valence-electron chi connectivity index (χ1n) is 3.21. The van der Waals surface area contributed by atoms with Crippen molar-refractivity contribution in [1.29, 1.82) is 0 Å². The van der Waals surface area contributed by atoms with Gasteiger partial charge in [-0.3, -0.25) is 0 Å². The predicted molar refractivity (Wildman–Crippen MR) is 33.8 cm³/mol. The largest absolute Gasteiger partial charge is 0.453 e. The fourth-order valence-electron chi connectivity index (χ4n) is 0.512. The molecule has 6 heteroatoms. The molecule has 0 aliphatic heterocycles. The monoisotopic (exact) mass is 191 g/mol. The van der Waals surface area contributed by atoms with Gasteiger partial charge in [0.25, 0.3) is 0 Å². The van der Waals surface area contributed by atoms with Crippen molar-refractivity contribution in [2.75, 3.05) is 6.54 Å². The third-order valence-corrected chi connectivity index (χ3v) is 1.72. The van der Waals surface area contributed by atoms with Crippen LogP contribution in [0.3, 0.4) is 0 Å². The third-order valence-electron chi connectivity index (χ3n) is 1.72. The molecule has 0 rings (SSSR count). The zero-order valence-electron chi connectivity index (χ0n) is 6.67. The Morgan fingerprint density at radius 1 is 1.00 bits per heavy atom. The minimum atomic E-state index is -5.53. The Hall–Kier alpha value is -0.390. The molecule has 12 heavy (non-hydrogen) atoms. The molecule has 74 valence electrons. The van der Waals surface area contributed by atoms with Crippen LogP contribution in [0.15, 0.2) is 0 Å². The first-order valence-corrected chi connectivity index (χ1v) is 3.21. The van der Waals surface area contributed by atoms with Gasteiger partial charge in [0.1, 0.15) is 0 Å². The van der Waals surface area contributed by atoms with Gasteiger partial charge in [-0.25, -0.2) is 0 Å². The predicted octanol–water partition coefficient (Wildman–Crippen LogP) is 2.17. The van der Waals surface area contributed by atoms with Crippen LogP contribution in [0.1, 0.15) is 13.8 Å². The second kappa shape index (κ2) is 2.83. The summed E-state index contributed by atoms with van der Waals surface area (Å²) in [5, 5.41) is 0. The number of hydrogen-bond donors (Lipinski definition) is 1. The number of nitrogens with two attached hydrogens (primary N) is 1. The second-order valence-corrected chi connectivity index (χ2v) is 3.16. The highest BCUT2D eigenvalue weighted by molar-refractivity contribution is 4.91. The number of halogens is 5. The van der Waals surface area contributed by atoms with Gasteiger partial charge in [0, 0.05) is 6.54 Å². The first-order chi connectivity index (χ1) is 5.06. The first kappa shape index (κ1) is 11.6. The molecule has 0 spiro atoms. The van der Waals surface area contributed by atoms with Crippen LogP contribution in [0.5, 0.6) is 0 Å². The Bertz CT molecular complexity index is 160. The summed E-state index contributed by atoms with van der Waals surface area (Å²) in [7, 11) is 0. The number of alkyl halides is 5. The van der Waals surface area contributed by atoms with E-state index in [1.165, 1.54) is 0 Å². The molecule has 0 amide bonds. The highest BCUT2D eigenvalue weighted by Crippen LogP contribution is 2.47. The van der Waals surface area contributed by atoms with Crippen LogP contribution >= 0.6 is 0 Å². The normalized spacial score (nSPS) is 15.0. The summed E-state index contributed by atoms with van der Waals surface area (Å²) >= 11 is 0. The van der Waals surface area contributed by atoms with Crippen molar-refractivity contribution in [3.05, 3.63) is 0 Å². The maximum absolute atomic E-state index is 12.5. The molecule has 0 aliphatic rings. The average molecular weight is 191 g/mol. The van der Waals surface area contributed by atoms with Gasteiger partial charge < -0.3 is 5.73 Å². The van der Waals surface area contributed by atoms with E-state index in [0.717, 1.165) is 13.8 Å². The van der Waals surface area contributed by atoms with Crippen LogP contribution in [0, 0.1) is 5.41 Å². The summed E-state index contributed by atoms with van der Waals surface area (Å²) < 4.78 is 60.1. The van der Waals surface area contributed by atoms with Crippen LogP contribution in [-0.4, -0.2) is 18.6 Å². The van der Waals surface area contributed by atoms with Gasteiger partial charge in [-0.1, -0.05) is 13.8 Å². The van der Waals surface area contributed by atoms with E-state index in [0.29, 0.717) is 0 Å². The molecule has 0 aromatic rings. The fraction of sp³-hybridized carbons (Fsp3) is 1.00. The van der Waals surface area contributed by atoms with E-state index in [2.05, 4.69) is 0 Å². The zero-order chi connectivity index (χ0) is 10.2. The van der Waals surface area contributed by atoms with E-state index in [-0.39, 0.29) is 0 Å². The van der Waals surface area contributed by atoms with Crippen LogP contribution in [-0.2, 0) is 0 Å². The lowest BCUT2D eigenvalue weighted by molar-refractivity contribution is -0.319. The van der Waals surface area contributed by atoms with Crippen molar-refractivity contribution >= 4 is 0 Å². The Morgan fingerprint density at radius 2 is 1.33 bits per heavy atom. The molecule has 0 fully saturated rings. The van der Waals surface area contributed by atoms with Crippen molar-refractivity contribution < 1.29 is 22.0 Å². The van der Waals surface area contributed by atoms with Crippen LogP contribution in [0.4, 0.5) is 22.0 Å². The molecule has 0 saturated heterocycles. The van der Waals surface area contributed by atoms with Crippen molar-refractivity contribution in [2.45, 2.75) is 25.9 Å².